The number of hydrogen-bond donors (Lipinski definition) is 1. The maximum Gasteiger partial charge on any atom is 0.0519 e. The molecule has 158 valence electrons. The second kappa shape index (κ2) is 5.31. The second-order valence-electron chi connectivity index (χ2n) is 11.1. The molecular weight excluding hydrogens is 398 g/mol. The van der Waals surface area contributed by atoms with E-state index in [1.165, 1.54) is 77.1 Å². The van der Waals surface area contributed by atoms with Gasteiger partial charge in [0.25, 0.3) is 0 Å². The fourth-order valence-corrected chi connectivity index (χ4v) is 7.28. The van der Waals surface area contributed by atoms with Crippen LogP contribution in [-0.4, -0.2) is 4.98 Å². The minimum Gasteiger partial charge on any atom is -0.354 e. The van der Waals surface area contributed by atoms with Crippen LogP contribution < -0.4 is 0 Å². The Hall–Kier alpha value is -3.58. The lowest BCUT2D eigenvalue weighted by atomic mass is 9.80. The van der Waals surface area contributed by atoms with Gasteiger partial charge < -0.3 is 4.98 Å². The molecule has 0 radical (unpaired) electrons. The molecule has 1 aromatic heterocycles. The van der Waals surface area contributed by atoms with Crippen LogP contribution in [0.15, 0.2) is 72.8 Å². The summed E-state index contributed by atoms with van der Waals surface area (Å²) in [4.78, 5) is 4.04. The first kappa shape index (κ1) is 17.9. The maximum atomic E-state index is 4.04. The molecule has 1 nitrogen and oxygen atoms in total. The molecule has 0 amide bonds. The molecule has 0 saturated heterocycles. The van der Waals surface area contributed by atoms with Gasteiger partial charge in [0.2, 0.25) is 0 Å². The third-order valence-electron chi connectivity index (χ3n) is 8.69. The van der Waals surface area contributed by atoms with Crippen LogP contribution in [0.4, 0.5) is 0 Å². The molecule has 0 aliphatic heterocycles. The van der Waals surface area contributed by atoms with E-state index in [1.54, 1.807) is 0 Å². The number of nitrogens with one attached hydrogen (secondary N) is 1. The first-order valence-electron chi connectivity index (χ1n) is 12.0. The number of aromatic amines is 1. The molecular formula is C32H25N. The monoisotopic (exact) mass is 423 g/mol. The number of rotatable bonds is 0. The van der Waals surface area contributed by atoms with Crippen molar-refractivity contribution >= 4 is 32.6 Å². The molecule has 0 bridgehead atoms. The SMILES string of the molecule is CC1(C)c2ccccc2-c2cc3ccc4cc5c(c6[nH]c(c21)c3c46)C(C)(C)c1ccccc1-5. The van der Waals surface area contributed by atoms with Gasteiger partial charge in [-0.3, -0.25) is 0 Å². The first-order valence-corrected chi connectivity index (χ1v) is 12.0. The number of H-pyrrole nitrogens is 1. The summed E-state index contributed by atoms with van der Waals surface area (Å²) >= 11 is 0. The van der Waals surface area contributed by atoms with Crippen LogP contribution in [0.2, 0.25) is 0 Å². The zero-order valence-corrected chi connectivity index (χ0v) is 19.4. The van der Waals surface area contributed by atoms with E-state index < -0.39 is 0 Å². The van der Waals surface area contributed by atoms with Gasteiger partial charge in [0.05, 0.1) is 11.0 Å². The van der Waals surface area contributed by atoms with E-state index in [1.807, 2.05) is 0 Å². The zero-order chi connectivity index (χ0) is 22.3. The van der Waals surface area contributed by atoms with Crippen LogP contribution >= 0.6 is 0 Å². The van der Waals surface area contributed by atoms with Gasteiger partial charge in [-0.05, 0) is 67.4 Å². The summed E-state index contributed by atoms with van der Waals surface area (Å²) in [6, 6.07) is 27.4. The molecule has 1 N–H and O–H groups in total. The molecule has 0 spiro atoms. The van der Waals surface area contributed by atoms with Gasteiger partial charge in [-0.1, -0.05) is 88.4 Å². The molecule has 8 rings (SSSR count). The summed E-state index contributed by atoms with van der Waals surface area (Å²) in [6.45, 7) is 9.54. The fraction of sp³-hybridized carbons (Fsp3) is 0.188. The summed E-state index contributed by atoms with van der Waals surface area (Å²) in [6.07, 6.45) is 0. The Bertz CT molecular complexity index is 1680. The van der Waals surface area contributed by atoms with E-state index in [0.29, 0.717) is 0 Å². The van der Waals surface area contributed by atoms with E-state index >= 15 is 0 Å². The second-order valence-corrected chi connectivity index (χ2v) is 11.1. The number of aromatic nitrogens is 1. The number of benzene rings is 5. The van der Waals surface area contributed by atoms with Crippen molar-refractivity contribution in [1.82, 2.24) is 4.98 Å². The molecule has 5 aromatic carbocycles. The van der Waals surface area contributed by atoms with Gasteiger partial charge in [0, 0.05) is 21.6 Å². The average molecular weight is 424 g/mol. The maximum absolute atomic E-state index is 4.04. The molecule has 2 aliphatic rings. The summed E-state index contributed by atoms with van der Waals surface area (Å²) in [5, 5.41) is 5.47. The molecule has 1 heterocycles. The highest BCUT2D eigenvalue weighted by atomic mass is 14.7. The van der Waals surface area contributed by atoms with Gasteiger partial charge in [-0.15, -0.1) is 0 Å². The molecule has 0 fully saturated rings. The standard InChI is InChI=1S/C32H25N/c1-31(2)23-11-7-5-9-19(23)21-15-17-13-14-18-16-22-20-10-6-8-12-24(20)32(3,4)28(22)30-26(18)25(17)29(33-30)27(21)31/h5-16,33H,1-4H3. The van der Waals surface area contributed by atoms with Crippen molar-refractivity contribution < 1.29 is 0 Å². The number of hydrogen-bond acceptors (Lipinski definition) is 0. The van der Waals surface area contributed by atoms with Crippen molar-refractivity contribution in [1.29, 1.82) is 0 Å². The normalized spacial score (nSPS) is 17.0. The zero-order valence-electron chi connectivity index (χ0n) is 19.4. The Morgan fingerprint density at radius 1 is 0.515 bits per heavy atom. The van der Waals surface area contributed by atoms with Gasteiger partial charge in [-0.2, -0.15) is 0 Å². The van der Waals surface area contributed by atoms with Gasteiger partial charge >= 0.3 is 0 Å². The Morgan fingerprint density at radius 2 is 0.939 bits per heavy atom. The predicted octanol–water partition coefficient (Wildman–Crippen LogP) is 8.52. The predicted molar refractivity (Wildman–Crippen MR) is 140 cm³/mol. The quantitative estimate of drug-likeness (QED) is 0.236. The smallest absolute Gasteiger partial charge is 0.0519 e. The van der Waals surface area contributed by atoms with E-state index in [9.17, 15) is 0 Å². The summed E-state index contributed by atoms with van der Waals surface area (Å²) in [5.41, 5.74) is 13.9. The Morgan fingerprint density at radius 3 is 1.39 bits per heavy atom. The van der Waals surface area contributed by atoms with Crippen LogP contribution in [-0.2, 0) is 10.8 Å². The first-order chi connectivity index (χ1) is 15.9. The van der Waals surface area contributed by atoms with Gasteiger partial charge in [0.15, 0.2) is 0 Å². The minimum atomic E-state index is -0.0334. The van der Waals surface area contributed by atoms with E-state index in [-0.39, 0.29) is 10.8 Å². The van der Waals surface area contributed by atoms with Crippen LogP contribution in [0.1, 0.15) is 49.9 Å². The molecule has 33 heavy (non-hydrogen) atoms. The Balaban J connectivity index is 1.60. The lowest BCUT2D eigenvalue weighted by molar-refractivity contribution is 0.663. The summed E-state index contributed by atoms with van der Waals surface area (Å²) in [7, 11) is 0. The summed E-state index contributed by atoms with van der Waals surface area (Å²) in [5.74, 6) is 0. The molecule has 0 atom stereocenters. The van der Waals surface area contributed by atoms with Crippen molar-refractivity contribution in [2.45, 2.75) is 38.5 Å². The topological polar surface area (TPSA) is 15.8 Å². The van der Waals surface area contributed by atoms with E-state index in [2.05, 4.69) is 105 Å². The van der Waals surface area contributed by atoms with Crippen molar-refractivity contribution in [2.75, 3.05) is 0 Å². The lowest BCUT2D eigenvalue weighted by Gasteiger charge is -2.22. The minimum absolute atomic E-state index is 0.0334. The number of fused-ring (bicyclic) bond motifs is 8. The van der Waals surface area contributed by atoms with Crippen molar-refractivity contribution in [2.24, 2.45) is 0 Å². The lowest BCUT2D eigenvalue weighted by Crippen LogP contribution is -2.16. The largest absolute Gasteiger partial charge is 0.354 e. The molecule has 6 aromatic rings. The Kier molecular flexibility index (Phi) is 2.88. The van der Waals surface area contributed by atoms with Gasteiger partial charge in [0.1, 0.15) is 0 Å². The fourth-order valence-electron chi connectivity index (χ4n) is 7.28. The third-order valence-corrected chi connectivity index (χ3v) is 8.69. The van der Waals surface area contributed by atoms with Crippen LogP contribution in [0.5, 0.6) is 0 Å². The van der Waals surface area contributed by atoms with E-state index in [0.717, 1.165) is 0 Å². The molecule has 2 aliphatic carbocycles. The van der Waals surface area contributed by atoms with Crippen LogP contribution in [0, 0.1) is 0 Å². The highest BCUT2D eigenvalue weighted by molar-refractivity contribution is 6.27. The molecule has 0 unspecified atom stereocenters. The van der Waals surface area contributed by atoms with Crippen LogP contribution in [0.3, 0.4) is 0 Å². The van der Waals surface area contributed by atoms with Crippen molar-refractivity contribution in [3.8, 4) is 22.3 Å². The highest BCUT2D eigenvalue weighted by Gasteiger charge is 2.41. The van der Waals surface area contributed by atoms with Crippen molar-refractivity contribution in [3.63, 3.8) is 0 Å². The van der Waals surface area contributed by atoms with Gasteiger partial charge in [-0.25, -0.2) is 0 Å². The average Bonchev–Trinajstić information content (AvgIpc) is 3.38. The van der Waals surface area contributed by atoms with Crippen molar-refractivity contribution in [3.05, 3.63) is 95.1 Å². The third kappa shape index (κ3) is 1.85. The highest BCUT2D eigenvalue weighted by Crippen LogP contribution is 2.57. The molecule has 1 heteroatoms. The summed E-state index contributed by atoms with van der Waals surface area (Å²) < 4.78 is 0. The molecule has 0 saturated carbocycles. The van der Waals surface area contributed by atoms with Crippen LogP contribution in [0.25, 0.3) is 54.8 Å². The van der Waals surface area contributed by atoms with E-state index in [4.69, 9.17) is 0 Å². The Labute approximate surface area is 193 Å².